The third-order valence-corrected chi connectivity index (χ3v) is 2.98. The number of likely N-dealkylation sites (N-methyl/N-ethyl adjacent to an activating group) is 1. The Kier molecular flexibility index (Phi) is 10.2. The Balaban J connectivity index is 3.63. The van der Waals surface area contributed by atoms with E-state index in [0.717, 1.165) is 45.3 Å². The first-order chi connectivity index (χ1) is 8.17. The molecule has 0 aromatic heterocycles. The highest BCUT2D eigenvalue weighted by Gasteiger charge is 2.16. The van der Waals surface area contributed by atoms with Crippen LogP contribution >= 0.6 is 0 Å². The second-order valence-corrected chi connectivity index (χ2v) is 4.32. The monoisotopic (exact) mass is 244 g/mol. The lowest BCUT2D eigenvalue weighted by Crippen LogP contribution is -2.45. The average Bonchev–Trinajstić information content (AvgIpc) is 2.34. The van der Waals surface area contributed by atoms with E-state index >= 15 is 0 Å². The van der Waals surface area contributed by atoms with Gasteiger partial charge in [0, 0.05) is 19.7 Å². The Labute approximate surface area is 105 Å². The van der Waals surface area contributed by atoms with Gasteiger partial charge in [0.05, 0.1) is 6.04 Å². The molecule has 102 valence electrons. The van der Waals surface area contributed by atoms with Gasteiger partial charge in [-0.1, -0.05) is 12.8 Å². The molecule has 0 aliphatic heterocycles. The number of hydrogen-bond acceptors (Lipinski definition) is 3. The molecule has 0 aromatic carbocycles. The molecule has 1 amide bonds. The largest absolute Gasteiger partial charge is 0.396 e. The van der Waals surface area contributed by atoms with Crippen molar-refractivity contribution in [2.45, 2.75) is 52.5 Å². The summed E-state index contributed by atoms with van der Waals surface area (Å²) in [5, 5.41) is 11.9. The molecule has 0 aliphatic carbocycles. The summed E-state index contributed by atoms with van der Waals surface area (Å²) in [5.74, 6) is 0.186. The fourth-order valence-electron chi connectivity index (χ4n) is 1.81. The van der Waals surface area contributed by atoms with Gasteiger partial charge in [-0.15, -0.1) is 0 Å². The number of nitrogens with one attached hydrogen (secondary N) is 1. The molecule has 0 saturated carbocycles. The van der Waals surface area contributed by atoms with E-state index in [1.54, 1.807) is 0 Å². The Hall–Kier alpha value is -0.610. The highest BCUT2D eigenvalue weighted by atomic mass is 16.2. The predicted molar refractivity (Wildman–Crippen MR) is 70.9 cm³/mol. The van der Waals surface area contributed by atoms with Gasteiger partial charge in [-0.05, 0) is 40.2 Å². The van der Waals surface area contributed by atoms with Crippen LogP contribution in [-0.2, 0) is 4.79 Å². The molecule has 0 aliphatic rings. The number of carbonyl (C=O) groups is 1. The minimum Gasteiger partial charge on any atom is -0.396 e. The van der Waals surface area contributed by atoms with Gasteiger partial charge in [0.1, 0.15) is 0 Å². The number of rotatable bonds is 10. The van der Waals surface area contributed by atoms with Crippen molar-refractivity contribution >= 4 is 5.91 Å². The van der Waals surface area contributed by atoms with Crippen LogP contribution in [0.25, 0.3) is 0 Å². The van der Waals surface area contributed by atoms with Crippen LogP contribution in [0.1, 0.15) is 46.5 Å². The molecule has 1 unspecified atom stereocenters. The molecule has 0 aromatic rings. The van der Waals surface area contributed by atoms with Crippen molar-refractivity contribution in [1.29, 1.82) is 0 Å². The molecule has 0 radical (unpaired) electrons. The number of carbonyl (C=O) groups excluding carboxylic acids is 1. The maximum absolute atomic E-state index is 11.9. The Morgan fingerprint density at radius 2 is 1.76 bits per heavy atom. The zero-order valence-electron chi connectivity index (χ0n) is 11.5. The van der Waals surface area contributed by atoms with Gasteiger partial charge in [-0.2, -0.15) is 0 Å². The summed E-state index contributed by atoms with van der Waals surface area (Å²) in [5.41, 5.74) is 0. The van der Waals surface area contributed by atoms with Gasteiger partial charge in [0.25, 0.3) is 0 Å². The number of hydrogen-bond donors (Lipinski definition) is 2. The molecule has 17 heavy (non-hydrogen) atoms. The normalized spacial score (nSPS) is 12.5. The summed E-state index contributed by atoms with van der Waals surface area (Å²) in [7, 11) is 0. The van der Waals surface area contributed by atoms with E-state index in [1.807, 2.05) is 25.7 Å². The summed E-state index contributed by atoms with van der Waals surface area (Å²) in [4.78, 5) is 13.8. The minimum absolute atomic E-state index is 0.0901. The van der Waals surface area contributed by atoms with Crippen molar-refractivity contribution in [3.63, 3.8) is 0 Å². The van der Waals surface area contributed by atoms with Gasteiger partial charge in [0.15, 0.2) is 0 Å². The second-order valence-electron chi connectivity index (χ2n) is 4.32. The van der Waals surface area contributed by atoms with Gasteiger partial charge < -0.3 is 15.3 Å². The molecular formula is C13H28N2O2. The van der Waals surface area contributed by atoms with Crippen LogP contribution < -0.4 is 5.32 Å². The van der Waals surface area contributed by atoms with Crippen molar-refractivity contribution in [3.05, 3.63) is 0 Å². The quantitative estimate of drug-likeness (QED) is 0.571. The average molecular weight is 244 g/mol. The molecule has 0 spiro atoms. The van der Waals surface area contributed by atoms with Crippen LogP contribution in [0.15, 0.2) is 0 Å². The first-order valence-electron chi connectivity index (χ1n) is 6.80. The van der Waals surface area contributed by atoms with Gasteiger partial charge >= 0.3 is 0 Å². The zero-order chi connectivity index (χ0) is 13.1. The van der Waals surface area contributed by atoms with E-state index in [4.69, 9.17) is 5.11 Å². The predicted octanol–water partition coefficient (Wildman–Crippen LogP) is 1.39. The summed E-state index contributed by atoms with van der Waals surface area (Å²) >= 11 is 0. The highest BCUT2D eigenvalue weighted by molar-refractivity contribution is 5.81. The van der Waals surface area contributed by atoms with Crippen molar-refractivity contribution < 1.29 is 9.90 Å². The molecule has 2 N–H and O–H groups in total. The summed E-state index contributed by atoms with van der Waals surface area (Å²) < 4.78 is 0. The van der Waals surface area contributed by atoms with Gasteiger partial charge in [-0.25, -0.2) is 0 Å². The maximum Gasteiger partial charge on any atom is 0.239 e. The lowest BCUT2D eigenvalue weighted by molar-refractivity contribution is -0.132. The Morgan fingerprint density at radius 1 is 1.18 bits per heavy atom. The van der Waals surface area contributed by atoms with Crippen molar-refractivity contribution in [3.8, 4) is 0 Å². The third kappa shape index (κ3) is 7.34. The maximum atomic E-state index is 11.9. The molecule has 1 atom stereocenters. The standard InChI is InChI=1S/C13H28N2O2/c1-4-15(5-2)13(17)12(3)14-10-8-6-7-9-11-16/h12,14,16H,4-11H2,1-3H3. The van der Waals surface area contributed by atoms with Crippen molar-refractivity contribution in [2.24, 2.45) is 0 Å². The highest BCUT2D eigenvalue weighted by Crippen LogP contribution is 1.99. The van der Waals surface area contributed by atoms with E-state index in [-0.39, 0.29) is 18.6 Å². The van der Waals surface area contributed by atoms with E-state index in [2.05, 4.69) is 5.32 Å². The molecule has 0 rings (SSSR count). The molecule has 4 heteroatoms. The molecule has 0 fully saturated rings. The zero-order valence-corrected chi connectivity index (χ0v) is 11.5. The molecular weight excluding hydrogens is 216 g/mol. The van der Waals surface area contributed by atoms with Crippen LogP contribution in [0.5, 0.6) is 0 Å². The van der Waals surface area contributed by atoms with E-state index in [1.165, 1.54) is 0 Å². The summed E-state index contributed by atoms with van der Waals surface area (Å²) in [6.45, 7) is 8.64. The van der Waals surface area contributed by atoms with E-state index < -0.39 is 0 Å². The molecule has 4 nitrogen and oxygen atoms in total. The third-order valence-electron chi connectivity index (χ3n) is 2.98. The number of aliphatic hydroxyl groups excluding tert-OH is 1. The SMILES string of the molecule is CCN(CC)C(=O)C(C)NCCCCCCO. The van der Waals surface area contributed by atoms with Gasteiger partial charge in [0.2, 0.25) is 5.91 Å². The lowest BCUT2D eigenvalue weighted by atomic mass is 10.2. The molecule has 0 bridgehead atoms. The van der Waals surface area contributed by atoms with E-state index in [0.29, 0.717) is 0 Å². The fourth-order valence-corrected chi connectivity index (χ4v) is 1.81. The fraction of sp³-hybridized carbons (Fsp3) is 0.923. The topological polar surface area (TPSA) is 52.6 Å². The van der Waals surface area contributed by atoms with Crippen LogP contribution in [0.4, 0.5) is 0 Å². The van der Waals surface area contributed by atoms with E-state index in [9.17, 15) is 4.79 Å². The van der Waals surface area contributed by atoms with Crippen LogP contribution in [0.3, 0.4) is 0 Å². The first-order valence-corrected chi connectivity index (χ1v) is 6.80. The molecule has 0 heterocycles. The van der Waals surface area contributed by atoms with Crippen LogP contribution in [0.2, 0.25) is 0 Å². The van der Waals surface area contributed by atoms with Crippen molar-refractivity contribution in [1.82, 2.24) is 10.2 Å². The number of amides is 1. The first kappa shape index (κ1) is 16.4. The smallest absolute Gasteiger partial charge is 0.239 e. The number of aliphatic hydroxyl groups is 1. The van der Waals surface area contributed by atoms with Crippen LogP contribution in [0, 0.1) is 0 Å². The summed E-state index contributed by atoms with van der Waals surface area (Å²) in [6, 6.07) is -0.0901. The van der Waals surface area contributed by atoms with Crippen molar-refractivity contribution in [2.75, 3.05) is 26.2 Å². The number of unbranched alkanes of at least 4 members (excludes halogenated alkanes) is 3. The Morgan fingerprint density at radius 3 is 2.29 bits per heavy atom. The Bertz CT molecular complexity index is 194. The second kappa shape index (κ2) is 10.5. The minimum atomic E-state index is -0.0901. The molecule has 0 saturated heterocycles. The summed E-state index contributed by atoms with van der Waals surface area (Å²) in [6.07, 6.45) is 4.13. The number of nitrogens with zero attached hydrogens (tertiary/aromatic N) is 1. The van der Waals surface area contributed by atoms with Gasteiger partial charge in [-0.3, -0.25) is 4.79 Å². The van der Waals surface area contributed by atoms with Crippen LogP contribution in [-0.4, -0.2) is 48.2 Å². The lowest BCUT2D eigenvalue weighted by Gasteiger charge is -2.23.